The second-order valence-corrected chi connectivity index (χ2v) is 11.5. The average molecular weight is 524 g/mol. The molecule has 2 aliphatic heterocycles. The molecule has 38 heavy (non-hydrogen) atoms. The lowest BCUT2D eigenvalue weighted by Gasteiger charge is -2.36. The van der Waals surface area contributed by atoms with Gasteiger partial charge in [-0.3, -0.25) is 4.90 Å². The Bertz CT molecular complexity index is 1160. The van der Waals surface area contributed by atoms with Crippen molar-refractivity contribution >= 4 is 12.1 Å². The summed E-state index contributed by atoms with van der Waals surface area (Å²) in [7, 11) is 0. The molecule has 1 N–H and O–H groups in total. The summed E-state index contributed by atoms with van der Waals surface area (Å²) in [5.41, 5.74) is 1.91. The fourth-order valence-electron chi connectivity index (χ4n) is 5.40. The summed E-state index contributed by atoms with van der Waals surface area (Å²) in [6.07, 6.45) is 5.69. The molecule has 1 amide bonds. The van der Waals surface area contributed by atoms with Crippen molar-refractivity contribution in [2.75, 3.05) is 13.2 Å². The predicted molar refractivity (Wildman–Crippen MR) is 141 cm³/mol. The highest BCUT2D eigenvalue weighted by molar-refractivity contribution is 5.81. The number of ether oxygens (including phenoxy) is 4. The number of carboxylic acid groups (broad SMARTS) is 1. The van der Waals surface area contributed by atoms with Crippen molar-refractivity contribution < 1.29 is 33.6 Å². The average Bonchev–Trinajstić information content (AvgIpc) is 2.89. The Hall–Kier alpha value is -3.42. The van der Waals surface area contributed by atoms with Gasteiger partial charge in [-0.15, -0.1) is 0 Å². The van der Waals surface area contributed by atoms with Gasteiger partial charge >= 0.3 is 12.1 Å². The van der Waals surface area contributed by atoms with E-state index < -0.39 is 23.7 Å². The largest absolute Gasteiger partial charge is 0.493 e. The molecule has 0 aromatic heterocycles. The van der Waals surface area contributed by atoms with E-state index in [0.717, 1.165) is 29.0 Å². The second kappa shape index (κ2) is 10.8. The Morgan fingerprint density at radius 1 is 1.03 bits per heavy atom. The first-order valence-corrected chi connectivity index (χ1v) is 13.6. The van der Waals surface area contributed by atoms with E-state index in [9.17, 15) is 14.7 Å². The van der Waals surface area contributed by atoms with Crippen LogP contribution in [0.1, 0.15) is 75.7 Å². The van der Waals surface area contributed by atoms with Gasteiger partial charge in [-0.25, -0.2) is 9.59 Å². The molecule has 3 aliphatic rings. The summed E-state index contributed by atoms with van der Waals surface area (Å²) in [5, 5.41) is 9.79. The van der Waals surface area contributed by atoms with Crippen LogP contribution < -0.4 is 14.2 Å². The number of rotatable bonds is 5. The molecule has 1 aliphatic carbocycles. The third-order valence-electron chi connectivity index (χ3n) is 7.43. The van der Waals surface area contributed by atoms with Gasteiger partial charge in [-0.05, 0) is 80.5 Å². The maximum atomic E-state index is 12.8. The monoisotopic (exact) mass is 523 g/mol. The van der Waals surface area contributed by atoms with Gasteiger partial charge < -0.3 is 24.1 Å². The fraction of sp³-hybridized carbons (Fsp3) is 0.533. The molecule has 2 atom stereocenters. The van der Waals surface area contributed by atoms with Crippen molar-refractivity contribution in [3.05, 3.63) is 53.1 Å². The Morgan fingerprint density at radius 3 is 2.42 bits per heavy atom. The minimum absolute atomic E-state index is 0.121. The molecule has 0 radical (unpaired) electrons. The van der Waals surface area contributed by atoms with Gasteiger partial charge in [0, 0.05) is 6.42 Å². The Morgan fingerprint density at radius 2 is 1.74 bits per heavy atom. The standard InChI is InChI=1S/C30H37NO7/c1-30(2,3)38-29(34)31-16-22-15-26-25(14-21(22)13-24(31)28(32)33)36-18-27(37-26)20-9-11-23(12-10-20)35-17-19-7-5-4-6-8-19/h9-12,14-15,19,24,27H,4-8,13,16-18H2,1-3H3,(H,32,33). The Labute approximate surface area is 223 Å². The van der Waals surface area contributed by atoms with E-state index in [4.69, 9.17) is 18.9 Å². The summed E-state index contributed by atoms with van der Waals surface area (Å²) >= 11 is 0. The van der Waals surface area contributed by atoms with Gasteiger partial charge in [0.2, 0.25) is 0 Å². The molecule has 0 saturated heterocycles. The van der Waals surface area contributed by atoms with Crippen molar-refractivity contribution in [1.82, 2.24) is 4.90 Å². The number of amides is 1. The molecule has 8 nitrogen and oxygen atoms in total. The van der Waals surface area contributed by atoms with Crippen LogP contribution in [0.5, 0.6) is 17.2 Å². The van der Waals surface area contributed by atoms with Crippen LogP contribution in [0.15, 0.2) is 36.4 Å². The van der Waals surface area contributed by atoms with Gasteiger partial charge in [0.15, 0.2) is 17.6 Å². The first-order valence-electron chi connectivity index (χ1n) is 13.6. The number of carbonyl (C=O) groups excluding carboxylic acids is 1. The van der Waals surface area contributed by atoms with Crippen LogP contribution in [0.3, 0.4) is 0 Å². The molecule has 2 aromatic rings. The number of hydrogen-bond donors (Lipinski definition) is 1. The highest BCUT2D eigenvalue weighted by Gasteiger charge is 2.38. The van der Waals surface area contributed by atoms with E-state index in [-0.39, 0.29) is 19.1 Å². The molecule has 1 saturated carbocycles. The molecule has 0 bridgehead atoms. The molecule has 0 spiro atoms. The summed E-state index contributed by atoms with van der Waals surface area (Å²) in [6, 6.07) is 10.7. The molecule has 5 rings (SSSR count). The van der Waals surface area contributed by atoms with Crippen LogP contribution >= 0.6 is 0 Å². The quantitative estimate of drug-likeness (QED) is 0.521. The van der Waals surface area contributed by atoms with Gasteiger partial charge in [0.25, 0.3) is 0 Å². The SMILES string of the molecule is CC(C)(C)OC(=O)N1Cc2cc3c(cc2CC1C(=O)O)OCC(c1ccc(OCC2CCCCC2)cc1)O3. The van der Waals surface area contributed by atoms with Crippen LogP contribution in [-0.2, 0) is 22.5 Å². The summed E-state index contributed by atoms with van der Waals surface area (Å²) in [4.78, 5) is 26.0. The number of benzene rings is 2. The Kier molecular flexibility index (Phi) is 7.41. The minimum Gasteiger partial charge on any atom is -0.493 e. The van der Waals surface area contributed by atoms with Crippen LogP contribution in [0.4, 0.5) is 4.79 Å². The van der Waals surface area contributed by atoms with Crippen molar-refractivity contribution in [3.63, 3.8) is 0 Å². The number of hydrogen-bond acceptors (Lipinski definition) is 6. The maximum Gasteiger partial charge on any atom is 0.411 e. The second-order valence-electron chi connectivity index (χ2n) is 11.5. The number of fused-ring (bicyclic) bond motifs is 2. The van der Waals surface area contributed by atoms with Crippen LogP contribution in [0, 0.1) is 5.92 Å². The lowest BCUT2D eigenvalue weighted by molar-refractivity contribution is -0.143. The topological polar surface area (TPSA) is 94.5 Å². The molecule has 2 aromatic carbocycles. The number of carbonyl (C=O) groups is 2. The smallest absolute Gasteiger partial charge is 0.411 e. The molecular formula is C30H37NO7. The third kappa shape index (κ3) is 6.00. The fourth-order valence-corrected chi connectivity index (χ4v) is 5.40. The third-order valence-corrected chi connectivity index (χ3v) is 7.43. The number of aliphatic carboxylic acids is 1. The lowest BCUT2D eigenvalue weighted by atomic mass is 9.90. The van der Waals surface area contributed by atoms with Crippen LogP contribution in [0.25, 0.3) is 0 Å². The van der Waals surface area contributed by atoms with E-state index in [1.807, 2.05) is 36.4 Å². The first-order chi connectivity index (χ1) is 18.2. The van der Waals surface area contributed by atoms with Gasteiger partial charge in [-0.2, -0.15) is 0 Å². The molecule has 2 unspecified atom stereocenters. The summed E-state index contributed by atoms with van der Waals surface area (Å²) in [5.74, 6) is 1.61. The molecule has 2 heterocycles. The van der Waals surface area contributed by atoms with E-state index in [1.54, 1.807) is 20.8 Å². The van der Waals surface area contributed by atoms with Gasteiger partial charge in [0.05, 0.1) is 13.2 Å². The minimum atomic E-state index is -1.07. The van der Waals surface area contributed by atoms with Crippen LogP contribution in [-0.4, -0.2) is 46.9 Å². The molecule has 1 fully saturated rings. The van der Waals surface area contributed by atoms with E-state index >= 15 is 0 Å². The molecule has 204 valence electrons. The normalized spacial score (nSPS) is 21.4. The number of carboxylic acids is 1. The lowest BCUT2D eigenvalue weighted by Crippen LogP contribution is -2.50. The summed E-state index contributed by atoms with van der Waals surface area (Å²) < 4.78 is 23.9. The predicted octanol–water partition coefficient (Wildman–Crippen LogP) is 5.90. The first kappa shape index (κ1) is 26.2. The van der Waals surface area contributed by atoms with Crippen molar-refractivity contribution in [2.24, 2.45) is 5.92 Å². The summed E-state index contributed by atoms with van der Waals surface area (Å²) in [6.45, 7) is 6.51. The molecule has 8 heteroatoms. The highest BCUT2D eigenvalue weighted by Crippen LogP contribution is 2.41. The zero-order valence-corrected chi connectivity index (χ0v) is 22.4. The van der Waals surface area contributed by atoms with Gasteiger partial charge in [-0.1, -0.05) is 31.4 Å². The Balaban J connectivity index is 1.27. The van der Waals surface area contributed by atoms with E-state index in [1.165, 1.54) is 37.0 Å². The van der Waals surface area contributed by atoms with E-state index in [0.29, 0.717) is 24.0 Å². The highest BCUT2D eigenvalue weighted by atomic mass is 16.6. The van der Waals surface area contributed by atoms with E-state index in [2.05, 4.69) is 0 Å². The van der Waals surface area contributed by atoms with Gasteiger partial charge in [0.1, 0.15) is 24.0 Å². The zero-order chi connectivity index (χ0) is 26.9. The number of nitrogens with zero attached hydrogens (tertiary/aromatic N) is 1. The van der Waals surface area contributed by atoms with Crippen LogP contribution in [0.2, 0.25) is 0 Å². The maximum absolute atomic E-state index is 12.8. The molecular weight excluding hydrogens is 486 g/mol. The van der Waals surface area contributed by atoms with Crippen molar-refractivity contribution in [2.45, 2.75) is 83.6 Å². The zero-order valence-electron chi connectivity index (χ0n) is 22.4. The van der Waals surface area contributed by atoms with Crippen molar-refractivity contribution in [1.29, 1.82) is 0 Å². The van der Waals surface area contributed by atoms with Crippen molar-refractivity contribution in [3.8, 4) is 17.2 Å².